The topological polar surface area (TPSA) is 72.2 Å². The molecule has 0 spiro atoms. The first-order valence-electron chi connectivity index (χ1n) is 50.4. The lowest BCUT2D eigenvalue weighted by Crippen LogP contribution is -2.31. The fourth-order valence-electron chi connectivity index (χ4n) is 21.9. The van der Waals surface area contributed by atoms with Crippen molar-refractivity contribution in [3.8, 4) is 0 Å². The van der Waals surface area contributed by atoms with Gasteiger partial charge in [-0.3, -0.25) is 0 Å². The van der Waals surface area contributed by atoms with Crippen molar-refractivity contribution in [2.24, 2.45) is 0 Å². The molecule has 0 unspecified atom stereocenters. The minimum Gasteiger partial charge on any atom is -0.381 e. The molecule has 21 heterocycles. The third-order valence-electron chi connectivity index (χ3n) is 29.4. The summed E-state index contributed by atoms with van der Waals surface area (Å²) < 4.78 is 0. The number of anilines is 6. The van der Waals surface area contributed by atoms with Crippen molar-refractivity contribution < 1.29 is 0 Å². The smallest absolute Gasteiger partial charge is 0.0701 e. The Hall–Kier alpha value is -12.9. The highest BCUT2D eigenvalue weighted by Gasteiger charge is 2.41. The van der Waals surface area contributed by atoms with Crippen molar-refractivity contribution in [1.82, 2.24) is 0 Å². The Labute approximate surface area is 785 Å². The van der Waals surface area contributed by atoms with Crippen LogP contribution in [-0.2, 0) is 62.9 Å². The maximum absolute atomic E-state index is 3.98. The zero-order chi connectivity index (χ0) is 89.1. The summed E-state index contributed by atoms with van der Waals surface area (Å²) in [6, 6.07) is 132. The molecule has 0 amide bonds. The molecule has 20 bridgehead atoms. The summed E-state index contributed by atoms with van der Waals surface area (Å²) >= 11 is 0. The Balaban J connectivity index is 0.728. The molecule has 6 heteroatoms. The summed E-state index contributed by atoms with van der Waals surface area (Å²) in [5, 5.41) is 38.8. The van der Waals surface area contributed by atoms with Gasteiger partial charge in [0.05, 0.1) is 10.8 Å². The molecule has 0 fully saturated rings. The average molecular weight is 1730 g/mol. The second-order valence-electron chi connectivity index (χ2n) is 38.1. The second kappa shape index (κ2) is 42.5. The largest absolute Gasteiger partial charge is 0.381 e. The van der Waals surface area contributed by atoms with Crippen LogP contribution in [0, 0.1) is 0 Å². The van der Waals surface area contributed by atoms with Crippen molar-refractivity contribution in [2.45, 2.75) is 231 Å². The zero-order valence-corrected chi connectivity index (χ0v) is 78.0. The Kier molecular flexibility index (Phi) is 28.5. The molecule has 6 nitrogen and oxygen atoms in total. The lowest BCUT2D eigenvalue weighted by Gasteiger charge is -2.37. The first-order chi connectivity index (χ1) is 65.3. The SMILES string of the molecule is CCCCCCCCCCCCCCc1ccc(C23c4ccc(cc4)NCc4cccc5cc6cccc(c6cc45)CNc4ccc(cc4)C(c4ccc(CCCCCCCCCCCCCC)cc4)(c4ccc(cc4)NCc4cccc5cc6cccc(c6cc45)CNc4ccc2cc4)c2ccc(cc2)NCc2cccc4cc5cccc(c5cc24)CNc2ccc3cc2)cc1. The van der Waals surface area contributed by atoms with Gasteiger partial charge in [-0.05, 0) is 289 Å². The lowest BCUT2D eigenvalue weighted by atomic mass is 9.65. The van der Waals surface area contributed by atoms with E-state index in [1.54, 1.807) is 0 Å². The second-order valence-corrected chi connectivity index (χ2v) is 38.1. The zero-order valence-electron chi connectivity index (χ0n) is 78.0. The number of unbranched alkanes of at least 4 members (excludes halogenated alkanes) is 22. The van der Waals surface area contributed by atoms with Gasteiger partial charge in [0.25, 0.3) is 0 Å². The number of hydrogen-bond acceptors (Lipinski definition) is 6. The van der Waals surface area contributed by atoms with Crippen LogP contribution >= 0.6 is 0 Å². The van der Waals surface area contributed by atoms with Crippen LogP contribution in [0.4, 0.5) is 34.1 Å². The van der Waals surface area contributed by atoms with Crippen molar-refractivity contribution in [2.75, 3.05) is 31.9 Å². The van der Waals surface area contributed by atoms with Gasteiger partial charge in [0.15, 0.2) is 0 Å². The number of nitrogens with one attached hydrogen (secondary N) is 6. The molecule has 17 aromatic carbocycles. The first-order valence-corrected chi connectivity index (χ1v) is 50.4. The van der Waals surface area contributed by atoms with Crippen LogP contribution in [0.25, 0.3) is 64.6 Å². The monoisotopic (exact) mass is 1730 g/mol. The predicted octanol–water partition coefficient (Wildman–Crippen LogP) is 34.2. The molecule has 0 saturated carbocycles. The normalized spacial score (nSPS) is 15.2. The van der Waals surface area contributed by atoms with E-state index in [9.17, 15) is 0 Å². The van der Waals surface area contributed by atoms with Gasteiger partial charge in [0.2, 0.25) is 0 Å². The minimum absolute atomic E-state index is 0.656. The van der Waals surface area contributed by atoms with Crippen LogP contribution in [0.2, 0.25) is 0 Å². The van der Waals surface area contributed by atoms with Crippen molar-refractivity contribution in [3.63, 3.8) is 0 Å². The summed E-state index contributed by atoms with van der Waals surface area (Å²) in [6.07, 6.45) is 34.4. The van der Waals surface area contributed by atoms with Crippen molar-refractivity contribution >= 4 is 98.8 Å². The molecule has 21 aliphatic heterocycles. The maximum Gasteiger partial charge on any atom is 0.0701 e. The Morgan fingerprint density at radius 3 is 0.523 bits per heavy atom. The molecule has 666 valence electrons. The van der Waals surface area contributed by atoms with Gasteiger partial charge in [0.1, 0.15) is 0 Å². The number of rotatable bonds is 28. The van der Waals surface area contributed by atoms with Crippen molar-refractivity contribution in [1.29, 1.82) is 0 Å². The molecule has 38 rings (SSSR count). The van der Waals surface area contributed by atoms with Crippen LogP contribution in [0.3, 0.4) is 0 Å². The van der Waals surface area contributed by atoms with Gasteiger partial charge in [-0.2, -0.15) is 0 Å². The van der Waals surface area contributed by atoms with Gasteiger partial charge in [-0.15, -0.1) is 0 Å². The van der Waals surface area contributed by atoms with Crippen LogP contribution in [0.1, 0.15) is 257 Å². The fraction of sp³-hybridized carbons (Fsp3) is 0.286. The Bertz CT molecular complexity index is 5760. The lowest BCUT2D eigenvalue weighted by molar-refractivity contribution is 0.544. The predicted molar refractivity (Wildman–Crippen MR) is 567 cm³/mol. The van der Waals surface area contributed by atoms with Gasteiger partial charge in [0, 0.05) is 73.4 Å². The summed E-state index contributed by atoms with van der Waals surface area (Å²) in [6.45, 7) is 8.56. The van der Waals surface area contributed by atoms with Crippen molar-refractivity contribution in [3.05, 3.63) is 429 Å². The highest BCUT2D eigenvalue weighted by Crippen LogP contribution is 2.50. The van der Waals surface area contributed by atoms with Gasteiger partial charge in [-0.25, -0.2) is 0 Å². The van der Waals surface area contributed by atoms with E-state index in [-0.39, 0.29) is 0 Å². The van der Waals surface area contributed by atoms with E-state index >= 15 is 0 Å². The molecule has 0 aromatic heterocycles. The number of hydrogen-bond donors (Lipinski definition) is 6. The molecule has 0 aliphatic carbocycles. The van der Waals surface area contributed by atoms with Crippen LogP contribution in [0.15, 0.2) is 340 Å². The summed E-state index contributed by atoms with van der Waals surface area (Å²) in [5.41, 5.74) is 24.9. The van der Waals surface area contributed by atoms with E-state index in [2.05, 4.69) is 385 Å². The molecule has 0 saturated heterocycles. The molecule has 0 atom stereocenters. The number of benzene rings is 17. The van der Waals surface area contributed by atoms with Crippen LogP contribution in [-0.4, -0.2) is 0 Å². The van der Waals surface area contributed by atoms with E-state index in [1.165, 1.54) is 308 Å². The molecule has 6 N–H and O–H groups in total. The summed E-state index contributed by atoms with van der Waals surface area (Å²) in [7, 11) is 0. The highest BCUT2D eigenvalue weighted by atomic mass is 14.9. The van der Waals surface area contributed by atoms with Crippen LogP contribution in [0.5, 0.6) is 0 Å². The van der Waals surface area contributed by atoms with E-state index in [0.717, 1.165) is 47.0 Å². The van der Waals surface area contributed by atoms with E-state index in [1.807, 2.05) is 0 Å². The summed E-state index contributed by atoms with van der Waals surface area (Å²) in [4.78, 5) is 0. The minimum atomic E-state index is -0.730. The highest BCUT2D eigenvalue weighted by molar-refractivity contribution is 6.04. The maximum atomic E-state index is 3.98. The summed E-state index contributed by atoms with van der Waals surface area (Å²) in [5.74, 6) is 0. The van der Waals surface area contributed by atoms with Gasteiger partial charge >= 0.3 is 0 Å². The van der Waals surface area contributed by atoms with E-state index in [0.29, 0.717) is 39.3 Å². The average Bonchev–Trinajstić information content (AvgIpc) is 0.734. The fourth-order valence-corrected chi connectivity index (χ4v) is 21.9. The Morgan fingerprint density at radius 2 is 0.341 bits per heavy atom. The Morgan fingerprint density at radius 1 is 0.174 bits per heavy atom. The van der Waals surface area contributed by atoms with E-state index in [4.69, 9.17) is 0 Å². The van der Waals surface area contributed by atoms with Crippen LogP contribution < -0.4 is 31.9 Å². The molecule has 21 aliphatic rings. The molecular formula is C126H132N6. The van der Waals surface area contributed by atoms with Gasteiger partial charge < -0.3 is 31.9 Å². The quantitative estimate of drug-likeness (QED) is 0.0217. The molecular weight excluding hydrogens is 1600 g/mol. The molecule has 17 aromatic rings. The molecule has 0 radical (unpaired) electrons. The van der Waals surface area contributed by atoms with Gasteiger partial charge in [-0.1, -0.05) is 386 Å². The third kappa shape index (κ3) is 20.0. The molecule has 132 heavy (non-hydrogen) atoms. The third-order valence-corrected chi connectivity index (χ3v) is 29.4. The number of aryl methyl sites for hydroxylation is 2. The van der Waals surface area contributed by atoms with E-state index < -0.39 is 10.8 Å². The first kappa shape index (κ1) is 88.4. The standard InChI is InChI=1S/C126H132N6/c1-3-5-7-9-11-13-15-17-19-21-23-25-33-91-47-51-105(52-48-91)125-107-55-67-113(68-56-107)127-85-99-41-27-35-93-79-96-38-30-44-102(122(96)82-119(93)99)88-130-116-73-61-110(62-74-116)126(106-53-49-92(50-54-106)34-26-24-22-20-18-16-14-12-10-8-6-4-2,111-63-75-117(76-64-111)131-89-103-45-31-39-97-80-94-36-28-42-100(120(94)83-123(97)103)86-128-114-69-57-108(125)58-70-114)112-65-77-118(78-66-112)132-90-104-46-32-40-98-81-95-37-29-43-101(121(95)84-124(98)104)87-129-115-71-59-109(125)60-72-115/h27-32,35-84,127-132H,3-26,33-34,85-90H2,1-2H3.